The number of hydrogen-bond acceptors (Lipinski definition) is 3. The summed E-state index contributed by atoms with van der Waals surface area (Å²) in [5.74, 6) is 0. The van der Waals surface area contributed by atoms with Crippen molar-refractivity contribution < 1.29 is 13.3 Å². The summed E-state index contributed by atoms with van der Waals surface area (Å²) in [6.45, 7) is 13.8. The maximum Gasteiger partial charge on any atom is 0.508 e. The van der Waals surface area contributed by atoms with Crippen molar-refractivity contribution in [3.63, 3.8) is 0 Å². The summed E-state index contributed by atoms with van der Waals surface area (Å²) in [5, 5.41) is 0. The van der Waals surface area contributed by atoms with Gasteiger partial charge in [-0.05, 0) is 44.7 Å². The molecule has 1 aromatic carbocycles. The average molecular weight is 323 g/mol. The van der Waals surface area contributed by atoms with E-state index < -0.39 is 8.80 Å². The Balaban J connectivity index is 3.21. The van der Waals surface area contributed by atoms with E-state index in [2.05, 4.69) is 37.8 Å². The van der Waals surface area contributed by atoms with E-state index in [9.17, 15) is 0 Å². The van der Waals surface area contributed by atoms with Gasteiger partial charge >= 0.3 is 8.80 Å². The van der Waals surface area contributed by atoms with Gasteiger partial charge in [0.25, 0.3) is 0 Å². The Hall–Kier alpha value is -0.943. The van der Waals surface area contributed by atoms with Crippen LogP contribution in [-0.2, 0) is 19.7 Å². The fourth-order valence-electron chi connectivity index (χ4n) is 2.82. The van der Waals surface area contributed by atoms with Crippen LogP contribution in [0.15, 0.2) is 36.9 Å². The lowest BCUT2D eigenvalue weighted by Crippen LogP contribution is -2.51. The third-order valence-electron chi connectivity index (χ3n) is 3.61. The summed E-state index contributed by atoms with van der Waals surface area (Å²) < 4.78 is 18.3. The van der Waals surface area contributed by atoms with Crippen LogP contribution < -0.4 is 0 Å². The van der Waals surface area contributed by atoms with Gasteiger partial charge in [-0.1, -0.05) is 37.3 Å². The fraction of sp³-hybridized carbons (Fsp3) is 0.556. The van der Waals surface area contributed by atoms with Crippen LogP contribution in [0.2, 0.25) is 0 Å². The van der Waals surface area contributed by atoms with Crippen LogP contribution in [0.25, 0.3) is 0 Å². The van der Waals surface area contributed by atoms with Crippen LogP contribution >= 0.6 is 0 Å². The molecule has 124 valence electrons. The Labute approximate surface area is 136 Å². The molecule has 1 atom stereocenters. The molecule has 0 amide bonds. The second-order valence-electron chi connectivity index (χ2n) is 5.10. The zero-order valence-corrected chi connectivity index (χ0v) is 15.4. The van der Waals surface area contributed by atoms with Crippen molar-refractivity contribution in [3.05, 3.63) is 48.0 Å². The topological polar surface area (TPSA) is 27.7 Å². The van der Waals surface area contributed by atoms with E-state index in [1.165, 1.54) is 11.1 Å². The van der Waals surface area contributed by atoms with Crippen LogP contribution in [-0.4, -0.2) is 28.6 Å². The van der Waals surface area contributed by atoms with Crippen molar-refractivity contribution >= 4 is 8.80 Å². The molecule has 1 rings (SSSR count). The van der Waals surface area contributed by atoms with Crippen LogP contribution in [0.1, 0.15) is 50.8 Å². The van der Waals surface area contributed by atoms with Gasteiger partial charge in [-0.25, -0.2) is 0 Å². The van der Waals surface area contributed by atoms with E-state index in [1.807, 2.05) is 26.8 Å². The highest BCUT2D eigenvalue weighted by Crippen LogP contribution is 2.33. The summed E-state index contributed by atoms with van der Waals surface area (Å²) in [5.41, 5.74) is 2.67. The molecule has 0 aliphatic rings. The Morgan fingerprint density at radius 2 is 1.64 bits per heavy atom. The minimum absolute atomic E-state index is 0.164. The SMILES string of the molecule is C=CCc1cccc(C(CC)[Si](OCC)(OCC)OCC)c1. The summed E-state index contributed by atoms with van der Waals surface area (Å²) in [6.07, 6.45) is 3.73. The summed E-state index contributed by atoms with van der Waals surface area (Å²) >= 11 is 0. The zero-order valence-electron chi connectivity index (χ0n) is 14.4. The van der Waals surface area contributed by atoms with Crippen molar-refractivity contribution in [1.29, 1.82) is 0 Å². The predicted molar refractivity (Wildman–Crippen MR) is 94.0 cm³/mol. The number of benzene rings is 1. The van der Waals surface area contributed by atoms with Gasteiger partial charge in [-0.2, -0.15) is 0 Å². The standard InChI is InChI=1S/C18H30O3Si/c1-6-12-16-13-11-14-17(15-16)18(7-2)22(19-8-3,20-9-4)21-10-5/h6,11,13-15,18H,1,7-10,12H2,2-5H3. The Kier molecular flexibility index (Phi) is 8.64. The van der Waals surface area contributed by atoms with Crippen LogP contribution in [0.4, 0.5) is 0 Å². The smallest absolute Gasteiger partial charge is 0.373 e. The minimum Gasteiger partial charge on any atom is -0.373 e. The molecule has 0 saturated heterocycles. The van der Waals surface area contributed by atoms with Crippen molar-refractivity contribution in [2.75, 3.05) is 19.8 Å². The molecule has 3 nitrogen and oxygen atoms in total. The van der Waals surface area contributed by atoms with Gasteiger partial charge < -0.3 is 13.3 Å². The summed E-state index contributed by atoms with van der Waals surface area (Å²) in [6, 6.07) is 8.61. The maximum absolute atomic E-state index is 6.09. The molecule has 0 aliphatic heterocycles. The van der Waals surface area contributed by atoms with Crippen molar-refractivity contribution in [1.82, 2.24) is 0 Å². The number of rotatable bonds is 11. The molecule has 0 radical (unpaired) electrons. The van der Waals surface area contributed by atoms with Gasteiger partial charge in [0.05, 0.1) is 5.54 Å². The lowest BCUT2D eigenvalue weighted by Gasteiger charge is -2.35. The molecular formula is C18H30O3Si. The quantitative estimate of drug-likeness (QED) is 0.443. The molecule has 4 heteroatoms. The molecule has 0 aromatic heterocycles. The first kappa shape index (κ1) is 19.1. The monoisotopic (exact) mass is 322 g/mol. The normalized spacial score (nSPS) is 13.1. The van der Waals surface area contributed by atoms with Gasteiger partial charge in [0, 0.05) is 19.8 Å². The van der Waals surface area contributed by atoms with E-state index >= 15 is 0 Å². The molecule has 0 heterocycles. The van der Waals surface area contributed by atoms with Gasteiger partial charge in [-0.15, -0.1) is 6.58 Å². The molecule has 0 spiro atoms. The first-order valence-electron chi connectivity index (χ1n) is 8.28. The lowest BCUT2D eigenvalue weighted by atomic mass is 10.0. The summed E-state index contributed by atoms with van der Waals surface area (Å²) in [4.78, 5) is 0. The van der Waals surface area contributed by atoms with Crippen molar-refractivity contribution in [3.8, 4) is 0 Å². The van der Waals surface area contributed by atoms with Gasteiger partial charge in [-0.3, -0.25) is 0 Å². The van der Waals surface area contributed by atoms with E-state index in [0.29, 0.717) is 19.8 Å². The largest absolute Gasteiger partial charge is 0.508 e. The average Bonchev–Trinajstić information content (AvgIpc) is 2.49. The minimum atomic E-state index is -2.74. The Morgan fingerprint density at radius 3 is 2.09 bits per heavy atom. The first-order valence-corrected chi connectivity index (χ1v) is 10.1. The molecule has 1 aromatic rings. The zero-order chi connectivity index (χ0) is 16.4. The number of allylic oxidation sites excluding steroid dienone is 1. The van der Waals surface area contributed by atoms with E-state index in [1.54, 1.807) is 0 Å². The van der Waals surface area contributed by atoms with E-state index in [0.717, 1.165) is 12.8 Å². The highest BCUT2D eigenvalue weighted by molar-refractivity contribution is 6.62. The van der Waals surface area contributed by atoms with Gasteiger partial charge in [0.1, 0.15) is 0 Å². The van der Waals surface area contributed by atoms with E-state index in [4.69, 9.17) is 13.3 Å². The predicted octanol–water partition coefficient (Wildman–Crippen LogP) is 4.50. The molecule has 22 heavy (non-hydrogen) atoms. The third kappa shape index (κ3) is 4.78. The van der Waals surface area contributed by atoms with Crippen molar-refractivity contribution in [2.45, 2.75) is 46.1 Å². The van der Waals surface area contributed by atoms with Crippen LogP contribution in [0, 0.1) is 0 Å². The van der Waals surface area contributed by atoms with E-state index in [-0.39, 0.29) is 5.54 Å². The van der Waals surface area contributed by atoms with Crippen LogP contribution in [0.5, 0.6) is 0 Å². The molecule has 0 N–H and O–H groups in total. The second-order valence-corrected chi connectivity index (χ2v) is 7.87. The molecule has 0 aliphatic carbocycles. The Bertz CT molecular complexity index is 431. The van der Waals surface area contributed by atoms with Crippen molar-refractivity contribution in [2.24, 2.45) is 0 Å². The van der Waals surface area contributed by atoms with Gasteiger partial charge in [0.2, 0.25) is 0 Å². The fourth-order valence-corrected chi connectivity index (χ4v) is 5.97. The highest BCUT2D eigenvalue weighted by atomic mass is 28.4. The first-order chi connectivity index (χ1) is 10.7. The highest BCUT2D eigenvalue weighted by Gasteiger charge is 2.49. The Morgan fingerprint density at radius 1 is 1.05 bits per heavy atom. The molecule has 0 bridgehead atoms. The molecular weight excluding hydrogens is 292 g/mol. The summed E-state index contributed by atoms with van der Waals surface area (Å²) in [7, 11) is -2.74. The third-order valence-corrected chi connectivity index (χ3v) is 7.27. The molecule has 0 saturated carbocycles. The number of hydrogen-bond donors (Lipinski definition) is 0. The second kappa shape index (κ2) is 9.95. The van der Waals surface area contributed by atoms with Crippen LogP contribution in [0.3, 0.4) is 0 Å². The van der Waals surface area contributed by atoms with Gasteiger partial charge in [0.15, 0.2) is 0 Å². The molecule has 0 fully saturated rings. The lowest BCUT2D eigenvalue weighted by molar-refractivity contribution is 0.0611. The maximum atomic E-state index is 6.09. The molecule has 1 unspecified atom stereocenters.